The number of rotatable bonds is 6. The number of hydrogen-bond acceptors (Lipinski definition) is 1. The monoisotopic (exact) mass is 170 g/mol. The number of ether oxygens (including phenoxy) is 1. The lowest BCUT2D eigenvalue weighted by Gasteiger charge is -2.31. The maximum absolute atomic E-state index is 5.49. The lowest BCUT2D eigenvalue weighted by Crippen LogP contribution is -2.21. The van der Waals surface area contributed by atoms with Gasteiger partial charge in [-0.3, -0.25) is 0 Å². The number of hydrogen-bond donors (Lipinski definition) is 0. The molecule has 72 valence electrons. The first-order valence-electron chi connectivity index (χ1n) is 4.99. The van der Waals surface area contributed by atoms with E-state index >= 15 is 0 Å². The minimum absolute atomic E-state index is 0.218. The Labute approximate surface area is 76.8 Å². The molecule has 0 aliphatic heterocycles. The summed E-state index contributed by atoms with van der Waals surface area (Å²) in [4.78, 5) is 0. The Morgan fingerprint density at radius 2 is 1.50 bits per heavy atom. The fourth-order valence-corrected chi connectivity index (χ4v) is 1.67. The zero-order valence-corrected chi connectivity index (χ0v) is 8.94. The molecular weight excluding hydrogens is 148 g/mol. The first kappa shape index (κ1) is 11.5. The fourth-order valence-electron chi connectivity index (χ4n) is 1.67. The zero-order valence-electron chi connectivity index (χ0n) is 8.94. The van der Waals surface area contributed by atoms with Gasteiger partial charge in [0.25, 0.3) is 0 Å². The summed E-state index contributed by atoms with van der Waals surface area (Å²) < 4.78 is 5.49. The lowest BCUT2D eigenvalue weighted by molar-refractivity contribution is 0.124. The van der Waals surface area contributed by atoms with Gasteiger partial charge in [-0.1, -0.05) is 27.4 Å². The molecule has 0 aliphatic rings. The SMILES string of the molecule is C=C(OCC)C(CC)(CC)CC. The van der Waals surface area contributed by atoms with Gasteiger partial charge in [-0.2, -0.15) is 0 Å². The second-order valence-corrected chi connectivity index (χ2v) is 3.20. The van der Waals surface area contributed by atoms with Gasteiger partial charge in [-0.05, 0) is 26.2 Å². The highest BCUT2D eigenvalue weighted by atomic mass is 16.5. The van der Waals surface area contributed by atoms with Crippen molar-refractivity contribution in [1.29, 1.82) is 0 Å². The Morgan fingerprint density at radius 1 is 1.08 bits per heavy atom. The molecule has 12 heavy (non-hydrogen) atoms. The minimum atomic E-state index is 0.218. The van der Waals surface area contributed by atoms with Gasteiger partial charge in [0, 0.05) is 5.41 Å². The van der Waals surface area contributed by atoms with Crippen LogP contribution in [-0.4, -0.2) is 6.61 Å². The van der Waals surface area contributed by atoms with Crippen molar-refractivity contribution in [2.45, 2.75) is 47.0 Å². The van der Waals surface area contributed by atoms with E-state index in [-0.39, 0.29) is 5.41 Å². The molecule has 0 aromatic carbocycles. The first-order valence-corrected chi connectivity index (χ1v) is 4.99. The molecule has 0 amide bonds. The van der Waals surface area contributed by atoms with E-state index in [0.717, 1.165) is 31.6 Å². The summed E-state index contributed by atoms with van der Waals surface area (Å²) in [6, 6.07) is 0. The van der Waals surface area contributed by atoms with Crippen LogP contribution in [0.4, 0.5) is 0 Å². The average Bonchev–Trinajstić information content (AvgIpc) is 2.09. The highest BCUT2D eigenvalue weighted by Crippen LogP contribution is 2.37. The predicted molar refractivity (Wildman–Crippen MR) is 54.1 cm³/mol. The molecule has 0 spiro atoms. The Hall–Kier alpha value is -0.460. The van der Waals surface area contributed by atoms with Crippen LogP contribution in [0.2, 0.25) is 0 Å². The van der Waals surface area contributed by atoms with Crippen LogP contribution >= 0.6 is 0 Å². The maximum Gasteiger partial charge on any atom is 0.0949 e. The van der Waals surface area contributed by atoms with Crippen molar-refractivity contribution < 1.29 is 4.74 Å². The van der Waals surface area contributed by atoms with Crippen molar-refractivity contribution in [3.05, 3.63) is 12.3 Å². The van der Waals surface area contributed by atoms with E-state index in [1.807, 2.05) is 6.92 Å². The largest absolute Gasteiger partial charge is 0.498 e. The van der Waals surface area contributed by atoms with Gasteiger partial charge >= 0.3 is 0 Å². The molecule has 0 radical (unpaired) electrons. The molecule has 0 saturated carbocycles. The van der Waals surface area contributed by atoms with Crippen molar-refractivity contribution in [1.82, 2.24) is 0 Å². The molecule has 0 aliphatic carbocycles. The molecule has 0 heterocycles. The summed E-state index contributed by atoms with van der Waals surface area (Å²) in [5, 5.41) is 0. The topological polar surface area (TPSA) is 9.23 Å². The molecule has 0 atom stereocenters. The summed E-state index contributed by atoms with van der Waals surface area (Å²) in [7, 11) is 0. The molecule has 0 fully saturated rings. The standard InChI is InChI=1S/C11H22O/c1-6-11(7-2,8-3)10(5)12-9-4/h5-9H2,1-4H3. The molecule has 0 saturated heterocycles. The minimum Gasteiger partial charge on any atom is -0.498 e. The second-order valence-electron chi connectivity index (χ2n) is 3.20. The molecule has 1 heteroatoms. The predicted octanol–water partition coefficient (Wildman–Crippen LogP) is 3.75. The van der Waals surface area contributed by atoms with E-state index in [1.165, 1.54) is 0 Å². The third kappa shape index (κ3) is 2.26. The molecule has 0 aromatic heterocycles. The second kappa shape index (κ2) is 5.23. The molecule has 0 N–H and O–H groups in total. The van der Waals surface area contributed by atoms with Crippen molar-refractivity contribution in [2.24, 2.45) is 5.41 Å². The van der Waals surface area contributed by atoms with Gasteiger partial charge in [0.1, 0.15) is 0 Å². The van der Waals surface area contributed by atoms with E-state index in [9.17, 15) is 0 Å². The Balaban J connectivity index is 4.36. The molecule has 0 bridgehead atoms. The Morgan fingerprint density at radius 3 is 1.75 bits per heavy atom. The summed E-state index contributed by atoms with van der Waals surface area (Å²) >= 11 is 0. The van der Waals surface area contributed by atoms with Crippen molar-refractivity contribution in [3.8, 4) is 0 Å². The van der Waals surface area contributed by atoms with E-state index in [1.54, 1.807) is 0 Å². The van der Waals surface area contributed by atoms with E-state index in [0.29, 0.717) is 0 Å². The normalized spacial score (nSPS) is 11.3. The average molecular weight is 170 g/mol. The summed E-state index contributed by atoms with van der Waals surface area (Å²) in [6.45, 7) is 13.4. The van der Waals surface area contributed by atoms with Crippen LogP contribution in [0.1, 0.15) is 47.0 Å². The van der Waals surface area contributed by atoms with E-state index in [4.69, 9.17) is 4.74 Å². The van der Waals surface area contributed by atoms with Gasteiger partial charge in [-0.25, -0.2) is 0 Å². The fraction of sp³-hybridized carbons (Fsp3) is 0.818. The highest BCUT2D eigenvalue weighted by molar-refractivity contribution is 5.01. The lowest BCUT2D eigenvalue weighted by atomic mass is 9.78. The van der Waals surface area contributed by atoms with Crippen LogP contribution in [0.3, 0.4) is 0 Å². The highest BCUT2D eigenvalue weighted by Gasteiger charge is 2.28. The summed E-state index contributed by atoms with van der Waals surface area (Å²) in [5.41, 5.74) is 0.218. The van der Waals surface area contributed by atoms with Crippen molar-refractivity contribution in [3.63, 3.8) is 0 Å². The van der Waals surface area contributed by atoms with Crippen molar-refractivity contribution in [2.75, 3.05) is 6.61 Å². The van der Waals surface area contributed by atoms with Gasteiger partial charge in [0.2, 0.25) is 0 Å². The molecular formula is C11H22O. The van der Waals surface area contributed by atoms with Crippen LogP contribution in [0.5, 0.6) is 0 Å². The third-order valence-electron chi connectivity index (χ3n) is 2.94. The zero-order chi connectivity index (χ0) is 9.61. The van der Waals surface area contributed by atoms with Gasteiger partial charge in [0.15, 0.2) is 0 Å². The first-order chi connectivity index (χ1) is 5.66. The van der Waals surface area contributed by atoms with Crippen LogP contribution in [0, 0.1) is 5.41 Å². The Bertz CT molecular complexity index is 126. The third-order valence-corrected chi connectivity index (χ3v) is 2.94. The quantitative estimate of drug-likeness (QED) is 0.552. The van der Waals surface area contributed by atoms with E-state index in [2.05, 4.69) is 27.4 Å². The molecule has 0 aromatic rings. The molecule has 0 rings (SSSR count). The van der Waals surface area contributed by atoms with Crippen LogP contribution in [-0.2, 0) is 4.74 Å². The summed E-state index contributed by atoms with van der Waals surface area (Å²) in [6.07, 6.45) is 3.37. The van der Waals surface area contributed by atoms with Gasteiger partial charge in [-0.15, -0.1) is 0 Å². The maximum atomic E-state index is 5.49. The summed E-state index contributed by atoms with van der Waals surface area (Å²) in [5.74, 6) is 0.970. The van der Waals surface area contributed by atoms with Crippen molar-refractivity contribution >= 4 is 0 Å². The molecule has 0 unspecified atom stereocenters. The van der Waals surface area contributed by atoms with Crippen LogP contribution in [0.25, 0.3) is 0 Å². The van der Waals surface area contributed by atoms with Gasteiger partial charge in [0.05, 0.1) is 12.4 Å². The van der Waals surface area contributed by atoms with Crippen LogP contribution < -0.4 is 0 Å². The number of allylic oxidation sites excluding steroid dienone is 1. The Kier molecular flexibility index (Phi) is 5.03. The molecule has 1 nitrogen and oxygen atoms in total. The smallest absolute Gasteiger partial charge is 0.0949 e. The van der Waals surface area contributed by atoms with E-state index < -0.39 is 0 Å². The van der Waals surface area contributed by atoms with Gasteiger partial charge < -0.3 is 4.74 Å². The van der Waals surface area contributed by atoms with Crippen LogP contribution in [0.15, 0.2) is 12.3 Å².